The van der Waals surface area contributed by atoms with Gasteiger partial charge < -0.3 is 19.9 Å². The SMILES string of the molecule is C=CC(=O)N1CC(c2cc(Cl)nc(-c3cc(C(=O)NC)ncn3)c2)N2C(=O)COC[C@@H]2C1. The highest BCUT2D eigenvalue weighted by Crippen LogP contribution is 2.33. The van der Waals surface area contributed by atoms with Gasteiger partial charge in [0.2, 0.25) is 11.8 Å². The van der Waals surface area contributed by atoms with E-state index in [-0.39, 0.29) is 47.8 Å². The van der Waals surface area contributed by atoms with Crippen LogP contribution >= 0.6 is 11.6 Å². The maximum Gasteiger partial charge on any atom is 0.269 e. The molecule has 0 saturated carbocycles. The zero-order chi connectivity index (χ0) is 22.8. The number of hydrogen-bond donors (Lipinski definition) is 1. The molecule has 0 bridgehead atoms. The molecular formula is C21H21ClN6O4. The zero-order valence-electron chi connectivity index (χ0n) is 17.3. The number of hydrogen-bond acceptors (Lipinski definition) is 7. The van der Waals surface area contributed by atoms with Gasteiger partial charge in [-0.15, -0.1) is 0 Å². The second-order valence-electron chi connectivity index (χ2n) is 7.41. The highest BCUT2D eigenvalue weighted by Gasteiger charge is 2.42. The van der Waals surface area contributed by atoms with Gasteiger partial charge in [-0.2, -0.15) is 0 Å². The third-order valence-electron chi connectivity index (χ3n) is 5.45. The molecule has 11 heteroatoms. The Labute approximate surface area is 189 Å². The topological polar surface area (TPSA) is 118 Å². The summed E-state index contributed by atoms with van der Waals surface area (Å²) >= 11 is 6.33. The molecule has 3 amide bonds. The molecule has 0 radical (unpaired) electrons. The van der Waals surface area contributed by atoms with Gasteiger partial charge in [-0.05, 0) is 29.8 Å². The molecule has 2 aliphatic heterocycles. The number of aromatic nitrogens is 3. The van der Waals surface area contributed by atoms with Crippen molar-refractivity contribution < 1.29 is 19.1 Å². The van der Waals surface area contributed by atoms with Crippen LogP contribution in [0.3, 0.4) is 0 Å². The molecule has 4 rings (SSSR count). The summed E-state index contributed by atoms with van der Waals surface area (Å²) in [6.45, 7) is 4.52. The average molecular weight is 457 g/mol. The Balaban J connectivity index is 1.75. The second-order valence-corrected chi connectivity index (χ2v) is 7.80. The van der Waals surface area contributed by atoms with Crippen molar-refractivity contribution >= 4 is 29.3 Å². The lowest BCUT2D eigenvalue weighted by molar-refractivity contribution is -0.161. The number of morpholine rings is 1. The van der Waals surface area contributed by atoms with Gasteiger partial charge >= 0.3 is 0 Å². The number of amides is 3. The monoisotopic (exact) mass is 456 g/mol. The maximum absolute atomic E-state index is 12.7. The highest BCUT2D eigenvalue weighted by molar-refractivity contribution is 6.29. The van der Waals surface area contributed by atoms with Crippen LogP contribution in [0.1, 0.15) is 22.1 Å². The minimum absolute atomic E-state index is 0.0184. The summed E-state index contributed by atoms with van der Waals surface area (Å²) < 4.78 is 5.41. The molecule has 0 spiro atoms. The van der Waals surface area contributed by atoms with Crippen molar-refractivity contribution in [1.82, 2.24) is 30.1 Å². The number of rotatable bonds is 4. The van der Waals surface area contributed by atoms with E-state index in [2.05, 4.69) is 26.8 Å². The minimum Gasteiger partial charge on any atom is -0.369 e. The quantitative estimate of drug-likeness (QED) is 0.535. The number of halogens is 1. The Morgan fingerprint density at radius 2 is 2.06 bits per heavy atom. The molecule has 32 heavy (non-hydrogen) atoms. The van der Waals surface area contributed by atoms with Crippen molar-refractivity contribution in [2.24, 2.45) is 0 Å². The smallest absolute Gasteiger partial charge is 0.269 e. The van der Waals surface area contributed by atoms with E-state index in [1.54, 1.807) is 21.9 Å². The number of fused-ring (bicyclic) bond motifs is 1. The standard InChI is InChI=1S/C21H21ClN6O4/c1-3-19(29)27-7-13-9-32-10-20(30)28(13)17(8-27)12-4-15(26-18(22)5-12)14-6-16(21(31)23-2)25-11-24-14/h3-6,11,13,17H,1,7-10H2,2H3,(H,23,31)/t13-,17?/m0/s1. The molecule has 10 nitrogen and oxygen atoms in total. The van der Waals surface area contributed by atoms with Gasteiger partial charge in [0.05, 0.1) is 30.1 Å². The van der Waals surface area contributed by atoms with Crippen molar-refractivity contribution in [2.75, 3.05) is 33.4 Å². The molecule has 2 aliphatic rings. The van der Waals surface area contributed by atoms with Crippen LogP contribution < -0.4 is 5.32 Å². The number of nitrogens with one attached hydrogen (secondary N) is 1. The third kappa shape index (κ3) is 4.19. The predicted molar refractivity (Wildman–Crippen MR) is 115 cm³/mol. The first-order valence-corrected chi connectivity index (χ1v) is 10.3. The molecular weight excluding hydrogens is 436 g/mol. The molecule has 166 valence electrons. The van der Waals surface area contributed by atoms with Crippen LogP contribution in [0.4, 0.5) is 0 Å². The van der Waals surface area contributed by atoms with Crippen LogP contribution in [0.25, 0.3) is 11.4 Å². The summed E-state index contributed by atoms with van der Waals surface area (Å²) in [7, 11) is 1.51. The number of ether oxygens (including phenoxy) is 1. The largest absolute Gasteiger partial charge is 0.369 e. The second kappa shape index (κ2) is 9.01. The van der Waals surface area contributed by atoms with Crippen molar-refractivity contribution in [2.45, 2.75) is 12.1 Å². The number of carbonyl (C=O) groups excluding carboxylic acids is 3. The third-order valence-corrected chi connectivity index (χ3v) is 5.65. The van der Waals surface area contributed by atoms with Gasteiger partial charge in [0.15, 0.2) is 0 Å². The normalized spacial score (nSPS) is 20.5. The first-order valence-electron chi connectivity index (χ1n) is 9.93. The van der Waals surface area contributed by atoms with E-state index in [0.717, 1.165) is 0 Å². The van der Waals surface area contributed by atoms with Gasteiger partial charge in [-0.25, -0.2) is 15.0 Å². The molecule has 1 unspecified atom stereocenters. The van der Waals surface area contributed by atoms with Crippen LogP contribution in [-0.2, 0) is 14.3 Å². The zero-order valence-corrected chi connectivity index (χ0v) is 18.1. The van der Waals surface area contributed by atoms with Gasteiger partial charge in [0.1, 0.15) is 23.8 Å². The van der Waals surface area contributed by atoms with Crippen molar-refractivity contribution in [3.8, 4) is 11.4 Å². The summed E-state index contributed by atoms with van der Waals surface area (Å²) in [5.41, 5.74) is 1.71. The highest BCUT2D eigenvalue weighted by atomic mass is 35.5. The van der Waals surface area contributed by atoms with Crippen LogP contribution in [0, 0.1) is 0 Å². The summed E-state index contributed by atoms with van der Waals surface area (Å²) in [6.07, 6.45) is 2.53. The van der Waals surface area contributed by atoms with Crippen LogP contribution in [0.15, 0.2) is 37.2 Å². The fourth-order valence-electron chi connectivity index (χ4n) is 4.00. The molecule has 1 N–H and O–H groups in total. The molecule has 2 fully saturated rings. The molecule has 2 aromatic heterocycles. The lowest BCUT2D eigenvalue weighted by Gasteiger charge is -2.48. The van der Waals surface area contributed by atoms with Crippen molar-refractivity contribution in [3.05, 3.63) is 53.6 Å². The average Bonchev–Trinajstić information content (AvgIpc) is 2.82. The number of nitrogens with zero attached hydrogens (tertiary/aromatic N) is 5. The van der Waals surface area contributed by atoms with E-state index in [1.807, 2.05) is 0 Å². The van der Waals surface area contributed by atoms with Gasteiger partial charge in [-0.3, -0.25) is 14.4 Å². The molecule has 2 saturated heterocycles. The molecule has 4 heterocycles. The minimum atomic E-state index is -0.450. The molecule has 2 aromatic rings. The summed E-state index contributed by atoms with van der Waals surface area (Å²) in [5, 5.41) is 2.71. The van der Waals surface area contributed by atoms with E-state index in [1.165, 1.54) is 25.5 Å². The van der Waals surface area contributed by atoms with Crippen LogP contribution in [0.5, 0.6) is 0 Å². The van der Waals surface area contributed by atoms with Crippen molar-refractivity contribution in [3.63, 3.8) is 0 Å². The fraction of sp³-hybridized carbons (Fsp3) is 0.333. The van der Waals surface area contributed by atoms with Gasteiger partial charge in [0, 0.05) is 20.1 Å². The Hall–Kier alpha value is -3.37. The molecule has 0 aromatic carbocycles. The number of pyridine rings is 1. The number of carbonyl (C=O) groups is 3. The first kappa shape index (κ1) is 21.8. The molecule has 2 atom stereocenters. The van der Waals surface area contributed by atoms with Gasteiger partial charge in [0.25, 0.3) is 5.91 Å². The number of piperazine rings is 1. The summed E-state index contributed by atoms with van der Waals surface area (Å²) in [4.78, 5) is 52.9. The fourth-order valence-corrected chi connectivity index (χ4v) is 4.22. The Kier molecular flexibility index (Phi) is 6.15. The molecule has 0 aliphatic carbocycles. The van der Waals surface area contributed by atoms with Crippen LogP contribution in [0.2, 0.25) is 5.15 Å². The lowest BCUT2D eigenvalue weighted by Crippen LogP contribution is -2.62. The van der Waals surface area contributed by atoms with E-state index in [9.17, 15) is 14.4 Å². The lowest BCUT2D eigenvalue weighted by atomic mass is 9.97. The first-order chi connectivity index (χ1) is 15.4. The van der Waals surface area contributed by atoms with E-state index < -0.39 is 6.04 Å². The predicted octanol–water partition coefficient (Wildman–Crippen LogP) is 0.848. The van der Waals surface area contributed by atoms with Crippen molar-refractivity contribution in [1.29, 1.82) is 0 Å². The Morgan fingerprint density at radius 1 is 1.25 bits per heavy atom. The summed E-state index contributed by atoms with van der Waals surface area (Å²) in [6, 6.07) is 4.20. The van der Waals surface area contributed by atoms with E-state index in [4.69, 9.17) is 16.3 Å². The van der Waals surface area contributed by atoms with Gasteiger partial charge in [-0.1, -0.05) is 18.2 Å². The maximum atomic E-state index is 12.7. The van der Waals surface area contributed by atoms with Crippen LogP contribution in [-0.4, -0.2) is 81.9 Å². The Morgan fingerprint density at radius 3 is 2.81 bits per heavy atom. The van der Waals surface area contributed by atoms with E-state index in [0.29, 0.717) is 30.1 Å². The van der Waals surface area contributed by atoms with E-state index >= 15 is 0 Å². The summed E-state index contributed by atoms with van der Waals surface area (Å²) in [5.74, 6) is -0.738. The Bertz CT molecular complexity index is 1090.